The van der Waals surface area contributed by atoms with Crippen molar-refractivity contribution in [2.75, 3.05) is 20.3 Å². The summed E-state index contributed by atoms with van der Waals surface area (Å²) in [6, 6.07) is 1.70. The van der Waals surface area contributed by atoms with Crippen LogP contribution in [0.1, 0.15) is 17.4 Å². The fourth-order valence-electron chi connectivity index (χ4n) is 1.95. The van der Waals surface area contributed by atoms with Gasteiger partial charge in [0.05, 0.1) is 18.2 Å². The Balaban J connectivity index is 2.57. The van der Waals surface area contributed by atoms with Crippen molar-refractivity contribution < 1.29 is 19.0 Å². The van der Waals surface area contributed by atoms with Crippen LogP contribution in [0.5, 0.6) is 11.5 Å². The molecule has 0 saturated carbocycles. The molecule has 128 valence electrons. The molecule has 1 aromatic carbocycles. The summed E-state index contributed by atoms with van der Waals surface area (Å²) in [6.07, 6.45) is 1.63. The Kier molecular flexibility index (Phi) is 6.38. The van der Waals surface area contributed by atoms with Gasteiger partial charge in [-0.1, -0.05) is 12.7 Å². The van der Waals surface area contributed by atoms with E-state index in [1.54, 1.807) is 19.1 Å². The number of rotatable bonds is 7. The summed E-state index contributed by atoms with van der Waals surface area (Å²) in [5.74, 6) is 0.421. The molecule has 9 heteroatoms. The zero-order valence-corrected chi connectivity index (χ0v) is 16.2. The Morgan fingerprint density at radius 2 is 2.12 bits per heavy atom. The van der Waals surface area contributed by atoms with Crippen LogP contribution < -0.4 is 9.47 Å². The molecule has 0 unspecified atom stereocenters. The Hall–Kier alpha value is -1.87. The number of ether oxygens (including phenoxy) is 3. The standard InChI is InChI=1S/C15H15Br2N3O4/c1-4-6-24-14-9(22-3)7-8(10(16)11(14)17)12-13(19-20-18-12)15(21)23-5-2/h4,7H,1,5-6H2,2-3H3,(H,18,19,20). The van der Waals surface area contributed by atoms with Gasteiger partial charge in [0, 0.05) is 10.0 Å². The number of methoxy groups -OCH3 is 1. The number of carbonyl (C=O) groups is 1. The minimum atomic E-state index is -0.560. The molecule has 0 bridgehead atoms. The van der Waals surface area contributed by atoms with Crippen molar-refractivity contribution in [3.63, 3.8) is 0 Å². The maximum absolute atomic E-state index is 12.0. The van der Waals surface area contributed by atoms with Crippen LogP contribution in [0.3, 0.4) is 0 Å². The van der Waals surface area contributed by atoms with E-state index in [9.17, 15) is 4.79 Å². The lowest BCUT2D eigenvalue weighted by atomic mass is 10.1. The normalized spacial score (nSPS) is 10.3. The number of carbonyl (C=O) groups excluding carboxylic acids is 1. The zero-order valence-electron chi connectivity index (χ0n) is 13.1. The quantitative estimate of drug-likeness (QED) is 0.500. The van der Waals surface area contributed by atoms with E-state index < -0.39 is 5.97 Å². The Bertz CT molecular complexity index is 761. The monoisotopic (exact) mass is 459 g/mol. The Labute approximate surface area is 155 Å². The average molecular weight is 461 g/mol. The van der Waals surface area contributed by atoms with Gasteiger partial charge in [-0.25, -0.2) is 4.79 Å². The highest BCUT2D eigenvalue weighted by Gasteiger charge is 2.25. The van der Waals surface area contributed by atoms with E-state index in [-0.39, 0.29) is 12.3 Å². The SMILES string of the molecule is C=CCOc1c(OC)cc(-c2n[nH]nc2C(=O)OCC)c(Br)c1Br. The molecule has 0 radical (unpaired) electrons. The van der Waals surface area contributed by atoms with E-state index in [1.807, 2.05) is 0 Å². The first-order valence-corrected chi connectivity index (χ1v) is 8.51. The predicted molar refractivity (Wildman–Crippen MR) is 95.4 cm³/mol. The lowest BCUT2D eigenvalue weighted by molar-refractivity contribution is 0.0520. The highest BCUT2D eigenvalue weighted by atomic mass is 79.9. The molecule has 0 atom stereocenters. The fourth-order valence-corrected chi connectivity index (χ4v) is 2.95. The van der Waals surface area contributed by atoms with Crippen molar-refractivity contribution in [3.05, 3.63) is 33.4 Å². The lowest BCUT2D eigenvalue weighted by Crippen LogP contribution is -2.07. The molecule has 1 heterocycles. The summed E-state index contributed by atoms with van der Waals surface area (Å²) in [4.78, 5) is 12.0. The molecule has 0 amide bonds. The largest absolute Gasteiger partial charge is 0.493 e. The van der Waals surface area contributed by atoms with Gasteiger partial charge in [-0.3, -0.25) is 0 Å². The smallest absolute Gasteiger partial charge is 0.361 e. The third-order valence-corrected chi connectivity index (χ3v) is 5.08. The number of H-pyrrole nitrogens is 1. The highest BCUT2D eigenvalue weighted by molar-refractivity contribution is 9.13. The molecule has 0 aliphatic carbocycles. The van der Waals surface area contributed by atoms with E-state index in [4.69, 9.17) is 14.2 Å². The molecule has 7 nitrogen and oxygen atoms in total. The van der Waals surface area contributed by atoms with E-state index in [2.05, 4.69) is 53.8 Å². The van der Waals surface area contributed by atoms with Gasteiger partial charge >= 0.3 is 5.97 Å². The number of nitrogens with one attached hydrogen (secondary N) is 1. The van der Waals surface area contributed by atoms with Crippen molar-refractivity contribution in [3.8, 4) is 22.8 Å². The van der Waals surface area contributed by atoms with E-state index >= 15 is 0 Å². The molecule has 0 aliphatic heterocycles. The highest BCUT2D eigenvalue weighted by Crippen LogP contribution is 2.46. The first kappa shape index (κ1) is 18.5. The summed E-state index contributed by atoms with van der Waals surface area (Å²) < 4.78 is 17.3. The summed E-state index contributed by atoms with van der Waals surface area (Å²) in [5, 5.41) is 10.4. The van der Waals surface area contributed by atoms with Gasteiger partial charge in [-0.15, -0.1) is 5.10 Å². The number of hydrogen-bond donors (Lipinski definition) is 1. The van der Waals surface area contributed by atoms with Crippen molar-refractivity contribution in [1.82, 2.24) is 15.4 Å². The van der Waals surface area contributed by atoms with Crippen LogP contribution in [0.15, 0.2) is 27.7 Å². The number of benzene rings is 1. The molecule has 0 spiro atoms. The van der Waals surface area contributed by atoms with Crippen LogP contribution in [-0.4, -0.2) is 41.7 Å². The Morgan fingerprint density at radius 3 is 2.75 bits per heavy atom. The summed E-state index contributed by atoms with van der Waals surface area (Å²) >= 11 is 6.96. The van der Waals surface area contributed by atoms with Gasteiger partial charge in [0.15, 0.2) is 17.2 Å². The maximum Gasteiger partial charge on any atom is 0.361 e. The summed E-state index contributed by atoms with van der Waals surface area (Å²) in [7, 11) is 1.52. The van der Waals surface area contributed by atoms with Crippen LogP contribution >= 0.6 is 31.9 Å². The topological polar surface area (TPSA) is 86.3 Å². The molecule has 1 aromatic heterocycles. The van der Waals surface area contributed by atoms with Crippen molar-refractivity contribution in [2.24, 2.45) is 0 Å². The van der Waals surface area contributed by atoms with Crippen LogP contribution in [0.4, 0.5) is 0 Å². The number of hydrogen-bond acceptors (Lipinski definition) is 6. The fraction of sp³-hybridized carbons (Fsp3) is 0.267. The van der Waals surface area contributed by atoms with Crippen molar-refractivity contribution in [1.29, 1.82) is 0 Å². The van der Waals surface area contributed by atoms with Gasteiger partial charge in [-0.05, 0) is 44.8 Å². The molecule has 0 fully saturated rings. The molecule has 0 saturated heterocycles. The maximum atomic E-state index is 12.0. The number of aromatic nitrogens is 3. The third-order valence-electron chi connectivity index (χ3n) is 2.96. The minimum absolute atomic E-state index is 0.0891. The number of esters is 1. The second-order valence-electron chi connectivity index (χ2n) is 4.42. The molecule has 2 rings (SSSR count). The first-order valence-electron chi connectivity index (χ1n) is 6.93. The zero-order chi connectivity index (χ0) is 17.7. The Morgan fingerprint density at radius 1 is 1.38 bits per heavy atom. The predicted octanol–water partition coefficient (Wildman–Crippen LogP) is 3.75. The van der Waals surface area contributed by atoms with Gasteiger partial charge in [0.1, 0.15) is 12.3 Å². The molecular formula is C15H15Br2N3O4. The second kappa shape index (κ2) is 8.29. The van der Waals surface area contributed by atoms with Crippen molar-refractivity contribution >= 4 is 37.8 Å². The summed E-state index contributed by atoms with van der Waals surface area (Å²) in [5.41, 5.74) is 1.03. The minimum Gasteiger partial charge on any atom is -0.493 e. The number of aromatic amines is 1. The summed E-state index contributed by atoms with van der Waals surface area (Å²) in [6.45, 7) is 5.91. The van der Waals surface area contributed by atoms with Crippen LogP contribution in [0.25, 0.3) is 11.3 Å². The molecule has 0 aliphatic rings. The van der Waals surface area contributed by atoms with Crippen LogP contribution in [0.2, 0.25) is 0 Å². The van der Waals surface area contributed by atoms with Gasteiger partial charge in [-0.2, -0.15) is 10.3 Å². The molecule has 2 aromatic rings. The van der Waals surface area contributed by atoms with E-state index in [0.717, 1.165) is 0 Å². The van der Waals surface area contributed by atoms with Crippen LogP contribution in [0, 0.1) is 0 Å². The van der Waals surface area contributed by atoms with E-state index in [0.29, 0.717) is 38.3 Å². The third kappa shape index (κ3) is 3.62. The van der Waals surface area contributed by atoms with E-state index in [1.165, 1.54) is 7.11 Å². The number of halogens is 2. The van der Waals surface area contributed by atoms with Gasteiger partial charge in [0.25, 0.3) is 0 Å². The molecule has 24 heavy (non-hydrogen) atoms. The van der Waals surface area contributed by atoms with Gasteiger partial charge in [0.2, 0.25) is 0 Å². The first-order chi connectivity index (χ1) is 11.5. The molecular weight excluding hydrogens is 446 g/mol. The number of nitrogens with zero attached hydrogens (tertiary/aromatic N) is 2. The average Bonchev–Trinajstić information content (AvgIpc) is 3.06. The lowest BCUT2D eigenvalue weighted by Gasteiger charge is -2.15. The van der Waals surface area contributed by atoms with Gasteiger partial charge < -0.3 is 14.2 Å². The van der Waals surface area contributed by atoms with Crippen LogP contribution in [-0.2, 0) is 4.74 Å². The van der Waals surface area contributed by atoms with Crippen molar-refractivity contribution in [2.45, 2.75) is 6.92 Å². The second-order valence-corrected chi connectivity index (χ2v) is 6.01. The molecule has 1 N–H and O–H groups in total.